The molecule has 3 N–H and O–H groups in total. The number of aryl methyl sites for hydroxylation is 1. The van der Waals surface area contributed by atoms with Crippen molar-refractivity contribution in [1.82, 2.24) is 20.4 Å². The molecule has 1 aliphatic heterocycles. The number of aromatic nitrogens is 2. The fourth-order valence-corrected chi connectivity index (χ4v) is 2.43. The Balaban J connectivity index is 0.00000220. The van der Waals surface area contributed by atoms with Gasteiger partial charge in [-0.1, -0.05) is 11.6 Å². The van der Waals surface area contributed by atoms with Crippen LogP contribution >= 0.6 is 36.4 Å². The lowest BCUT2D eigenvalue weighted by atomic mass is 10.1. The monoisotopic (exact) mass is 374 g/mol. The molecule has 0 aromatic carbocycles. The van der Waals surface area contributed by atoms with Crippen LogP contribution in [-0.4, -0.2) is 59.9 Å². The molecule has 1 atom stereocenters. The fraction of sp³-hybridized carbons (Fsp3) is 0.769. The molecule has 22 heavy (non-hydrogen) atoms. The van der Waals surface area contributed by atoms with E-state index < -0.39 is 5.60 Å². The molecule has 1 fully saturated rings. The average molecular weight is 376 g/mol. The molecule has 1 unspecified atom stereocenters. The molecule has 6 nitrogen and oxygen atoms in total. The molecule has 0 amide bonds. The van der Waals surface area contributed by atoms with Gasteiger partial charge in [0.15, 0.2) is 0 Å². The molecule has 0 radical (unpaired) electrons. The van der Waals surface area contributed by atoms with Crippen LogP contribution in [0.5, 0.6) is 0 Å². The Bertz CT molecular complexity index is 449. The predicted octanol–water partition coefficient (Wildman–Crippen LogP) is 0.937. The maximum absolute atomic E-state index is 10.4. The van der Waals surface area contributed by atoms with E-state index in [4.69, 9.17) is 16.3 Å². The van der Waals surface area contributed by atoms with Crippen LogP contribution in [0.1, 0.15) is 11.4 Å². The number of β-amino-alcohol motifs (C(OH)–C–C–N with tert-alkyl or cyclic N) is 1. The highest BCUT2D eigenvalue weighted by atomic mass is 35.5. The van der Waals surface area contributed by atoms with Gasteiger partial charge in [0.2, 0.25) is 0 Å². The van der Waals surface area contributed by atoms with Crippen molar-refractivity contribution in [3.05, 3.63) is 16.4 Å². The number of ether oxygens (including phenoxy) is 1. The van der Waals surface area contributed by atoms with E-state index >= 15 is 0 Å². The molecule has 1 aliphatic rings. The van der Waals surface area contributed by atoms with E-state index in [-0.39, 0.29) is 24.8 Å². The van der Waals surface area contributed by atoms with Crippen molar-refractivity contribution in [2.75, 3.05) is 39.4 Å². The van der Waals surface area contributed by atoms with E-state index in [1.807, 2.05) is 18.5 Å². The standard InChI is InChI=1S/C13H23ClN4O2.2ClH/c1-10-12(14)11(2)18(17-10)5-3-15-7-13(19)8-16-4-6-20-9-13;;/h15-16,19H,3-9H2,1-2H3;2*1H. The Morgan fingerprint density at radius 2 is 2.18 bits per heavy atom. The van der Waals surface area contributed by atoms with Crippen LogP contribution in [0.3, 0.4) is 0 Å². The van der Waals surface area contributed by atoms with Crippen LogP contribution in [0.15, 0.2) is 0 Å². The second-order valence-electron chi connectivity index (χ2n) is 5.34. The summed E-state index contributed by atoms with van der Waals surface area (Å²) in [4.78, 5) is 0. The first-order valence-corrected chi connectivity index (χ1v) is 7.31. The minimum Gasteiger partial charge on any atom is -0.385 e. The van der Waals surface area contributed by atoms with Gasteiger partial charge in [0.1, 0.15) is 5.60 Å². The van der Waals surface area contributed by atoms with E-state index in [9.17, 15) is 5.11 Å². The largest absolute Gasteiger partial charge is 0.385 e. The highest BCUT2D eigenvalue weighted by Gasteiger charge is 2.28. The Hall–Kier alpha value is -0.0800. The normalized spacial score (nSPS) is 21.6. The predicted molar refractivity (Wildman–Crippen MR) is 92.7 cm³/mol. The van der Waals surface area contributed by atoms with Gasteiger partial charge in [-0.05, 0) is 13.8 Å². The van der Waals surface area contributed by atoms with Gasteiger partial charge >= 0.3 is 0 Å². The summed E-state index contributed by atoms with van der Waals surface area (Å²) in [7, 11) is 0. The summed E-state index contributed by atoms with van der Waals surface area (Å²) in [5.74, 6) is 0. The van der Waals surface area contributed by atoms with Gasteiger partial charge in [0.05, 0.1) is 36.2 Å². The quantitative estimate of drug-likeness (QED) is 0.668. The molecule has 0 saturated carbocycles. The van der Waals surface area contributed by atoms with Crippen LogP contribution in [0.2, 0.25) is 5.02 Å². The first-order valence-electron chi connectivity index (χ1n) is 6.93. The molecular formula is C13H25Cl3N4O2. The van der Waals surface area contributed by atoms with Gasteiger partial charge in [0.25, 0.3) is 0 Å². The topological polar surface area (TPSA) is 71.3 Å². The van der Waals surface area contributed by atoms with Gasteiger partial charge in [-0.25, -0.2) is 0 Å². The maximum Gasteiger partial charge on any atom is 0.113 e. The molecule has 1 saturated heterocycles. The summed E-state index contributed by atoms with van der Waals surface area (Å²) < 4.78 is 7.26. The van der Waals surface area contributed by atoms with Crippen molar-refractivity contribution < 1.29 is 9.84 Å². The van der Waals surface area contributed by atoms with Crippen LogP contribution in [0.4, 0.5) is 0 Å². The molecule has 2 rings (SSSR count). The van der Waals surface area contributed by atoms with E-state index in [0.717, 1.165) is 36.0 Å². The summed E-state index contributed by atoms with van der Waals surface area (Å²) in [5, 5.41) is 21.9. The van der Waals surface area contributed by atoms with Crippen molar-refractivity contribution in [2.45, 2.75) is 26.0 Å². The summed E-state index contributed by atoms with van der Waals surface area (Å²) >= 11 is 6.10. The second kappa shape index (κ2) is 9.93. The molecule has 130 valence electrons. The second-order valence-corrected chi connectivity index (χ2v) is 5.72. The van der Waals surface area contributed by atoms with Crippen molar-refractivity contribution in [2.24, 2.45) is 0 Å². The van der Waals surface area contributed by atoms with Crippen molar-refractivity contribution in [1.29, 1.82) is 0 Å². The molecule has 0 bridgehead atoms. The van der Waals surface area contributed by atoms with E-state index in [2.05, 4.69) is 15.7 Å². The highest BCUT2D eigenvalue weighted by Crippen LogP contribution is 2.18. The molecular weight excluding hydrogens is 351 g/mol. The Labute approximate surface area is 148 Å². The van der Waals surface area contributed by atoms with Crippen molar-refractivity contribution in [3.8, 4) is 0 Å². The van der Waals surface area contributed by atoms with Gasteiger partial charge in [-0.2, -0.15) is 5.10 Å². The third-order valence-electron chi connectivity index (χ3n) is 3.50. The minimum atomic E-state index is -0.844. The minimum absolute atomic E-state index is 0. The number of hydrogen-bond donors (Lipinski definition) is 3. The third-order valence-corrected chi connectivity index (χ3v) is 4.04. The highest BCUT2D eigenvalue weighted by molar-refractivity contribution is 6.31. The number of aliphatic hydroxyl groups is 1. The van der Waals surface area contributed by atoms with Gasteiger partial charge < -0.3 is 20.5 Å². The first-order chi connectivity index (χ1) is 9.52. The van der Waals surface area contributed by atoms with E-state index in [0.29, 0.717) is 26.3 Å². The van der Waals surface area contributed by atoms with Crippen molar-refractivity contribution in [3.63, 3.8) is 0 Å². The maximum atomic E-state index is 10.4. The van der Waals surface area contributed by atoms with Crippen LogP contribution in [0.25, 0.3) is 0 Å². The molecule has 1 aromatic heterocycles. The summed E-state index contributed by atoms with van der Waals surface area (Å²) in [6.07, 6.45) is 0. The van der Waals surface area contributed by atoms with Crippen LogP contribution in [-0.2, 0) is 11.3 Å². The number of halogens is 3. The Morgan fingerprint density at radius 1 is 1.45 bits per heavy atom. The third kappa shape index (κ3) is 5.85. The molecule has 2 heterocycles. The smallest absolute Gasteiger partial charge is 0.113 e. The zero-order valence-corrected chi connectivity index (χ0v) is 15.3. The molecule has 1 aromatic rings. The lowest BCUT2D eigenvalue weighted by Crippen LogP contribution is -2.50. The van der Waals surface area contributed by atoms with Crippen LogP contribution in [0, 0.1) is 13.8 Å². The summed E-state index contributed by atoms with van der Waals surface area (Å²) in [6, 6.07) is 0. The Kier molecular flexibility index (Phi) is 9.89. The van der Waals surface area contributed by atoms with Crippen LogP contribution < -0.4 is 10.6 Å². The molecule has 0 aliphatic carbocycles. The van der Waals surface area contributed by atoms with Gasteiger partial charge in [0, 0.05) is 26.2 Å². The SMILES string of the molecule is Cc1nn(CCNCC2(O)CNCCOC2)c(C)c1Cl.Cl.Cl. The number of rotatable bonds is 5. The van der Waals surface area contributed by atoms with E-state index in [1.165, 1.54) is 0 Å². The number of nitrogens with one attached hydrogen (secondary N) is 2. The van der Waals surface area contributed by atoms with Crippen molar-refractivity contribution >= 4 is 36.4 Å². The molecule has 9 heteroatoms. The zero-order chi connectivity index (χ0) is 14.6. The molecule has 0 spiro atoms. The lowest BCUT2D eigenvalue weighted by Gasteiger charge is -2.26. The zero-order valence-electron chi connectivity index (χ0n) is 12.9. The average Bonchev–Trinajstić information content (AvgIpc) is 2.61. The summed E-state index contributed by atoms with van der Waals surface area (Å²) in [6.45, 7) is 8.14. The Morgan fingerprint density at radius 3 is 2.82 bits per heavy atom. The van der Waals surface area contributed by atoms with E-state index in [1.54, 1.807) is 0 Å². The fourth-order valence-electron chi connectivity index (χ4n) is 2.29. The number of hydrogen-bond acceptors (Lipinski definition) is 5. The summed E-state index contributed by atoms with van der Waals surface area (Å²) in [5.41, 5.74) is 0.983. The lowest BCUT2D eigenvalue weighted by molar-refractivity contribution is -0.0262. The number of nitrogens with zero attached hydrogens (tertiary/aromatic N) is 2. The van der Waals surface area contributed by atoms with Gasteiger partial charge in [-0.3, -0.25) is 4.68 Å². The van der Waals surface area contributed by atoms with Gasteiger partial charge in [-0.15, -0.1) is 24.8 Å². The first kappa shape index (κ1) is 21.9.